The van der Waals surface area contributed by atoms with Crippen LogP contribution < -0.4 is 5.32 Å². The van der Waals surface area contributed by atoms with Gasteiger partial charge in [0.2, 0.25) is 11.8 Å². The Morgan fingerprint density at radius 3 is 2.68 bits per heavy atom. The lowest BCUT2D eigenvalue weighted by Gasteiger charge is -2.40. The van der Waals surface area contributed by atoms with Crippen LogP contribution in [0.5, 0.6) is 0 Å². The number of benzene rings is 1. The van der Waals surface area contributed by atoms with E-state index in [9.17, 15) is 9.59 Å². The molecule has 0 saturated carbocycles. The van der Waals surface area contributed by atoms with E-state index in [0.717, 1.165) is 5.56 Å². The van der Waals surface area contributed by atoms with Crippen LogP contribution in [0.2, 0.25) is 5.02 Å². The number of amides is 2. The summed E-state index contributed by atoms with van der Waals surface area (Å²) in [6, 6.07) is 7.17. The first kappa shape index (κ1) is 13.9. The summed E-state index contributed by atoms with van der Waals surface area (Å²) in [5, 5.41) is 3.32. The fraction of sp³-hybridized carbons (Fsp3) is 0.429. The van der Waals surface area contributed by atoms with Gasteiger partial charge in [-0.25, -0.2) is 0 Å². The summed E-state index contributed by atoms with van der Waals surface area (Å²) in [5.74, 6) is -0.224. The number of nitrogens with zero attached hydrogens (tertiary/aromatic N) is 1. The molecule has 0 aromatic heterocycles. The second kappa shape index (κ2) is 4.85. The topological polar surface area (TPSA) is 49.4 Å². The smallest absolute Gasteiger partial charge is 0.248 e. The van der Waals surface area contributed by atoms with Crippen LogP contribution in [0.4, 0.5) is 0 Å². The summed E-state index contributed by atoms with van der Waals surface area (Å²) in [4.78, 5) is 25.7. The van der Waals surface area contributed by atoms with Gasteiger partial charge < -0.3 is 10.2 Å². The average Bonchev–Trinajstić information content (AvgIpc) is 2.32. The van der Waals surface area contributed by atoms with Crippen molar-refractivity contribution in [1.82, 2.24) is 10.2 Å². The Labute approximate surface area is 117 Å². The van der Waals surface area contributed by atoms with Crippen molar-refractivity contribution in [3.8, 4) is 0 Å². The molecule has 1 fully saturated rings. The normalized spacial score (nSPS) is 20.1. The molecular formula is C14H17ClN2O2. The van der Waals surface area contributed by atoms with Gasteiger partial charge >= 0.3 is 0 Å². The van der Waals surface area contributed by atoms with E-state index in [0.29, 0.717) is 5.02 Å². The van der Waals surface area contributed by atoms with Gasteiger partial charge in [-0.3, -0.25) is 9.59 Å². The van der Waals surface area contributed by atoms with E-state index < -0.39 is 5.54 Å². The molecule has 1 unspecified atom stereocenters. The highest BCUT2D eigenvalue weighted by Crippen LogP contribution is 2.26. The zero-order valence-electron chi connectivity index (χ0n) is 11.2. The van der Waals surface area contributed by atoms with Gasteiger partial charge in [0.1, 0.15) is 12.1 Å². The Hall–Kier alpha value is -1.55. The van der Waals surface area contributed by atoms with Gasteiger partial charge in [-0.2, -0.15) is 0 Å². The third-order valence-electron chi connectivity index (χ3n) is 3.36. The summed E-state index contributed by atoms with van der Waals surface area (Å²) in [5.41, 5.74) is 0.0636. The maximum Gasteiger partial charge on any atom is 0.248 e. The number of piperazine rings is 1. The second-order valence-corrected chi connectivity index (χ2v) is 5.77. The predicted octanol–water partition coefficient (Wildman–Crippen LogP) is 2.14. The van der Waals surface area contributed by atoms with Crippen molar-refractivity contribution in [2.45, 2.75) is 32.4 Å². The molecule has 5 heteroatoms. The molecule has 1 aromatic rings. The van der Waals surface area contributed by atoms with Crippen LogP contribution in [-0.2, 0) is 9.59 Å². The largest absolute Gasteiger partial charge is 0.341 e. The minimum Gasteiger partial charge on any atom is -0.341 e. The zero-order valence-corrected chi connectivity index (χ0v) is 12.0. The Bertz CT molecular complexity index is 528. The monoisotopic (exact) mass is 280 g/mol. The number of halogens is 1. The number of hydrogen-bond donors (Lipinski definition) is 1. The maximum atomic E-state index is 12.4. The standard InChI is InChI=1S/C14H17ClN2O2/c1-9(10-5-4-6-11(15)7-10)17-8-12(18)16-14(2,3)13(17)19/h4-7,9H,8H2,1-3H3,(H,16,18). The van der Waals surface area contributed by atoms with E-state index in [1.54, 1.807) is 24.8 Å². The first-order chi connectivity index (χ1) is 8.81. The Kier molecular flexibility index (Phi) is 3.54. The first-order valence-corrected chi connectivity index (χ1v) is 6.56. The number of rotatable bonds is 2. The van der Waals surface area contributed by atoms with Crippen molar-refractivity contribution >= 4 is 23.4 Å². The van der Waals surface area contributed by atoms with Gasteiger partial charge in [0.25, 0.3) is 0 Å². The van der Waals surface area contributed by atoms with Gasteiger partial charge in [0, 0.05) is 5.02 Å². The number of carbonyl (C=O) groups is 2. The van der Waals surface area contributed by atoms with Crippen LogP contribution in [0.25, 0.3) is 0 Å². The third kappa shape index (κ3) is 2.73. The van der Waals surface area contributed by atoms with Crippen LogP contribution in [0, 0.1) is 0 Å². The average molecular weight is 281 g/mol. The molecule has 4 nitrogen and oxygen atoms in total. The van der Waals surface area contributed by atoms with Crippen LogP contribution in [0.3, 0.4) is 0 Å². The molecule has 1 N–H and O–H groups in total. The zero-order chi connectivity index (χ0) is 14.2. The lowest BCUT2D eigenvalue weighted by Crippen LogP contribution is -2.64. The fourth-order valence-electron chi connectivity index (χ4n) is 2.29. The van der Waals surface area contributed by atoms with Gasteiger partial charge in [-0.15, -0.1) is 0 Å². The molecule has 2 amide bonds. The summed E-state index contributed by atoms with van der Waals surface area (Å²) >= 11 is 5.97. The Morgan fingerprint density at radius 2 is 2.05 bits per heavy atom. The van der Waals surface area contributed by atoms with Crippen molar-refractivity contribution in [3.05, 3.63) is 34.9 Å². The minimum atomic E-state index is -0.859. The van der Waals surface area contributed by atoms with Crippen molar-refractivity contribution in [3.63, 3.8) is 0 Å². The molecule has 1 aromatic carbocycles. The van der Waals surface area contributed by atoms with E-state index in [4.69, 9.17) is 11.6 Å². The molecule has 0 spiro atoms. The SMILES string of the molecule is CC(c1cccc(Cl)c1)N1CC(=O)NC(C)(C)C1=O. The molecule has 0 radical (unpaired) electrons. The molecule has 1 aliphatic rings. The van der Waals surface area contributed by atoms with Gasteiger partial charge in [0.15, 0.2) is 0 Å². The molecule has 1 heterocycles. The Morgan fingerprint density at radius 1 is 1.37 bits per heavy atom. The van der Waals surface area contributed by atoms with Crippen molar-refractivity contribution in [2.75, 3.05) is 6.54 Å². The molecule has 102 valence electrons. The maximum absolute atomic E-state index is 12.4. The van der Waals surface area contributed by atoms with E-state index in [1.165, 1.54) is 0 Å². The van der Waals surface area contributed by atoms with Gasteiger partial charge in [0.05, 0.1) is 6.04 Å². The van der Waals surface area contributed by atoms with Crippen molar-refractivity contribution in [1.29, 1.82) is 0 Å². The van der Waals surface area contributed by atoms with E-state index in [1.807, 2.05) is 25.1 Å². The summed E-state index contributed by atoms with van der Waals surface area (Å²) < 4.78 is 0. The quantitative estimate of drug-likeness (QED) is 0.902. The summed E-state index contributed by atoms with van der Waals surface area (Å²) in [7, 11) is 0. The van der Waals surface area contributed by atoms with Crippen LogP contribution in [-0.4, -0.2) is 28.8 Å². The minimum absolute atomic E-state index is 0.0793. The van der Waals surface area contributed by atoms with E-state index >= 15 is 0 Å². The highest BCUT2D eigenvalue weighted by Gasteiger charge is 2.41. The van der Waals surface area contributed by atoms with Crippen LogP contribution in [0.15, 0.2) is 24.3 Å². The molecule has 1 aliphatic heterocycles. The lowest BCUT2D eigenvalue weighted by atomic mass is 9.97. The fourth-order valence-corrected chi connectivity index (χ4v) is 2.49. The van der Waals surface area contributed by atoms with Crippen LogP contribution in [0.1, 0.15) is 32.4 Å². The summed E-state index contributed by atoms with van der Waals surface area (Å²) in [6.45, 7) is 5.41. The van der Waals surface area contributed by atoms with Gasteiger partial charge in [-0.1, -0.05) is 23.7 Å². The van der Waals surface area contributed by atoms with E-state index in [2.05, 4.69) is 5.32 Å². The highest BCUT2D eigenvalue weighted by atomic mass is 35.5. The second-order valence-electron chi connectivity index (χ2n) is 5.34. The molecule has 0 bridgehead atoms. The lowest BCUT2D eigenvalue weighted by molar-refractivity contribution is -0.150. The number of carbonyl (C=O) groups excluding carboxylic acids is 2. The molecule has 19 heavy (non-hydrogen) atoms. The molecule has 1 atom stereocenters. The number of nitrogens with one attached hydrogen (secondary N) is 1. The third-order valence-corrected chi connectivity index (χ3v) is 3.60. The van der Waals surface area contributed by atoms with Crippen molar-refractivity contribution in [2.24, 2.45) is 0 Å². The van der Waals surface area contributed by atoms with Crippen molar-refractivity contribution < 1.29 is 9.59 Å². The van der Waals surface area contributed by atoms with Gasteiger partial charge in [-0.05, 0) is 38.5 Å². The summed E-state index contributed by atoms with van der Waals surface area (Å²) in [6.07, 6.45) is 0. The number of hydrogen-bond acceptors (Lipinski definition) is 2. The first-order valence-electron chi connectivity index (χ1n) is 6.19. The molecule has 0 aliphatic carbocycles. The highest BCUT2D eigenvalue weighted by molar-refractivity contribution is 6.30. The van der Waals surface area contributed by atoms with Crippen LogP contribution >= 0.6 is 11.6 Å². The Balaban J connectivity index is 2.30. The molecule has 2 rings (SSSR count). The molecular weight excluding hydrogens is 264 g/mol. The van der Waals surface area contributed by atoms with E-state index in [-0.39, 0.29) is 24.4 Å². The molecule has 1 saturated heterocycles. The predicted molar refractivity (Wildman–Crippen MR) is 73.8 cm³/mol.